The average Bonchev–Trinajstić information content (AvgIpc) is 2.95. The Labute approximate surface area is 213 Å². The number of carbonyl (C=O) groups excluding carboxylic acids is 1. The zero-order valence-corrected chi connectivity index (χ0v) is 20.5. The number of rotatable bonds is 8. The lowest BCUT2D eigenvalue weighted by Crippen LogP contribution is -2.49. The van der Waals surface area contributed by atoms with Crippen molar-refractivity contribution in [3.63, 3.8) is 0 Å². The van der Waals surface area contributed by atoms with Crippen LogP contribution >= 0.6 is 0 Å². The van der Waals surface area contributed by atoms with Crippen molar-refractivity contribution in [3.8, 4) is 5.75 Å². The molecular formula is C32H32N2O2. The van der Waals surface area contributed by atoms with Crippen molar-refractivity contribution in [2.24, 2.45) is 0 Å². The summed E-state index contributed by atoms with van der Waals surface area (Å²) in [7, 11) is 0. The molecular weight excluding hydrogens is 444 g/mol. The Morgan fingerprint density at radius 1 is 0.667 bits per heavy atom. The molecule has 1 amide bonds. The van der Waals surface area contributed by atoms with Gasteiger partial charge in [0.05, 0.1) is 12.6 Å². The maximum Gasteiger partial charge on any atom is 0.253 e. The second kappa shape index (κ2) is 11.7. The summed E-state index contributed by atoms with van der Waals surface area (Å²) in [5.74, 6) is 0.877. The van der Waals surface area contributed by atoms with Crippen molar-refractivity contribution in [1.29, 1.82) is 0 Å². The molecule has 5 rings (SSSR count). The minimum absolute atomic E-state index is 0.0847. The number of hydrogen-bond donors (Lipinski definition) is 0. The number of hydrogen-bond acceptors (Lipinski definition) is 3. The highest BCUT2D eigenvalue weighted by Crippen LogP contribution is 2.29. The van der Waals surface area contributed by atoms with Gasteiger partial charge in [0.25, 0.3) is 5.91 Å². The van der Waals surface area contributed by atoms with Gasteiger partial charge >= 0.3 is 0 Å². The minimum atomic E-state index is 0.0847. The van der Waals surface area contributed by atoms with E-state index in [2.05, 4.69) is 77.7 Å². The first kappa shape index (κ1) is 23.8. The van der Waals surface area contributed by atoms with E-state index in [1.807, 2.05) is 47.4 Å². The number of benzene rings is 4. The molecule has 1 aliphatic rings. The Balaban J connectivity index is 1.18. The van der Waals surface area contributed by atoms with Gasteiger partial charge in [0.1, 0.15) is 5.75 Å². The predicted octanol–water partition coefficient (Wildman–Crippen LogP) is 5.86. The third kappa shape index (κ3) is 5.84. The average molecular weight is 477 g/mol. The van der Waals surface area contributed by atoms with Crippen molar-refractivity contribution >= 4 is 5.91 Å². The second-order valence-corrected chi connectivity index (χ2v) is 9.16. The molecule has 182 valence electrons. The summed E-state index contributed by atoms with van der Waals surface area (Å²) in [6.45, 7) is 3.71. The summed E-state index contributed by atoms with van der Waals surface area (Å²) in [5.41, 5.74) is 4.53. The Bertz CT molecular complexity index is 1180. The molecule has 0 spiro atoms. The summed E-state index contributed by atoms with van der Waals surface area (Å²) in [6, 6.07) is 39.3. The molecule has 1 heterocycles. The third-order valence-corrected chi connectivity index (χ3v) is 6.80. The highest BCUT2D eigenvalue weighted by atomic mass is 16.5. The summed E-state index contributed by atoms with van der Waals surface area (Å²) in [4.78, 5) is 17.6. The maximum atomic E-state index is 13.2. The van der Waals surface area contributed by atoms with Crippen LogP contribution in [0.1, 0.15) is 33.1 Å². The summed E-state index contributed by atoms with van der Waals surface area (Å²) < 4.78 is 5.88. The van der Waals surface area contributed by atoms with Gasteiger partial charge in [-0.15, -0.1) is 0 Å². The lowest BCUT2D eigenvalue weighted by molar-refractivity contribution is 0.0597. The number of carbonyl (C=O) groups is 1. The largest absolute Gasteiger partial charge is 0.493 e. The zero-order chi connectivity index (χ0) is 24.6. The Morgan fingerprint density at radius 2 is 1.19 bits per heavy atom. The first-order chi connectivity index (χ1) is 17.8. The van der Waals surface area contributed by atoms with Crippen LogP contribution in [0.15, 0.2) is 115 Å². The van der Waals surface area contributed by atoms with Crippen LogP contribution in [0.5, 0.6) is 5.75 Å². The molecule has 0 radical (unpaired) electrons. The number of piperazine rings is 1. The third-order valence-electron chi connectivity index (χ3n) is 6.80. The molecule has 0 aliphatic carbocycles. The molecule has 4 nitrogen and oxygen atoms in total. The van der Waals surface area contributed by atoms with E-state index >= 15 is 0 Å². The fraction of sp³-hybridized carbons (Fsp3) is 0.219. The molecule has 0 saturated carbocycles. The van der Waals surface area contributed by atoms with Gasteiger partial charge in [-0.3, -0.25) is 9.69 Å². The van der Waals surface area contributed by atoms with E-state index in [4.69, 9.17) is 4.74 Å². The topological polar surface area (TPSA) is 32.8 Å². The summed E-state index contributed by atoms with van der Waals surface area (Å²) in [5, 5.41) is 0. The molecule has 0 bridgehead atoms. The van der Waals surface area contributed by atoms with Crippen LogP contribution in [0.3, 0.4) is 0 Å². The first-order valence-electron chi connectivity index (χ1n) is 12.7. The Morgan fingerprint density at radius 3 is 1.75 bits per heavy atom. The number of ether oxygens (including phenoxy) is 1. The minimum Gasteiger partial charge on any atom is -0.493 e. The molecule has 0 atom stereocenters. The summed E-state index contributed by atoms with van der Waals surface area (Å²) in [6.07, 6.45) is 0.860. The van der Waals surface area contributed by atoms with E-state index in [9.17, 15) is 4.79 Å². The molecule has 4 heteroatoms. The Kier molecular flexibility index (Phi) is 7.74. The molecule has 0 aromatic heterocycles. The standard InChI is InChI=1S/C32H32N2O2/c35-32(29-16-18-30(19-17-29)36-25-20-26-10-4-1-5-11-26)34-23-21-33(22-24-34)31(27-12-6-2-7-13-27)28-14-8-3-9-15-28/h1-19,31H,20-25H2. The molecule has 1 saturated heterocycles. The highest BCUT2D eigenvalue weighted by molar-refractivity contribution is 5.94. The van der Waals surface area contributed by atoms with E-state index in [1.54, 1.807) is 0 Å². The van der Waals surface area contributed by atoms with Gasteiger partial charge in [-0.2, -0.15) is 0 Å². The van der Waals surface area contributed by atoms with Gasteiger partial charge in [-0.05, 0) is 41.0 Å². The predicted molar refractivity (Wildman–Crippen MR) is 144 cm³/mol. The SMILES string of the molecule is O=C(c1ccc(OCCc2ccccc2)cc1)N1CCN(C(c2ccccc2)c2ccccc2)CC1. The van der Waals surface area contributed by atoms with E-state index in [1.165, 1.54) is 16.7 Å². The molecule has 1 fully saturated rings. The highest BCUT2D eigenvalue weighted by Gasteiger charge is 2.28. The van der Waals surface area contributed by atoms with Crippen LogP contribution in [0.2, 0.25) is 0 Å². The fourth-order valence-electron chi connectivity index (χ4n) is 4.88. The smallest absolute Gasteiger partial charge is 0.253 e. The van der Waals surface area contributed by atoms with Gasteiger partial charge in [0, 0.05) is 38.2 Å². The van der Waals surface area contributed by atoms with Crippen LogP contribution in [0.25, 0.3) is 0 Å². The second-order valence-electron chi connectivity index (χ2n) is 9.16. The zero-order valence-electron chi connectivity index (χ0n) is 20.5. The first-order valence-corrected chi connectivity index (χ1v) is 12.7. The maximum absolute atomic E-state index is 13.2. The van der Waals surface area contributed by atoms with Gasteiger partial charge in [-0.1, -0.05) is 91.0 Å². The van der Waals surface area contributed by atoms with Gasteiger partial charge < -0.3 is 9.64 Å². The van der Waals surface area contributed by atoms with Gasteiger partial charge in [-0.25, -0.2) is 0 Å². The van der Waals surface area contributed by atoms with Crippen molar-refractivity contribution < 1.29 is 9.53 Å². The van der Waals surface area contributed by atoms with Crippen molar-refractivity contribution in [1.82, 2.24) is 9.80 Å². The van der Waals surface area contributed by atoms with Crippen molar-refractivity contribution in [2.45, 2.75) is 12.5 Å². The Hall–Kier alpha value is -3.89. The van der Waals surface area contributed by atoms with E-state index < -0.39 is 0 Å². The lowest BCUT2D eigenvalue weighted by Gasteiger charge is -2.39. The van der Waals surface area contributed by atoms with Gasteiger partial charge in [0.2, 0.25) is 0 Å². The van der Waals surface area contributed by atoms with Crippen LogP contribution in [-0.2, 0) is 6.42 Å². The van der Waals surface area contributed by atoms with E-state index in [-0.39, 0.29) is 11.9 Å². The molecule has 36 heavy (non-hydrogen) atoms. The number of nitrogens with zero attached hydrogens (tertiary/aromatic N) is 2. The van der Waals surface area contributed by atoms with Crippen LogP contribution < -0.4 is 4.74 Å². The molecule has 0 N–H and O–H groups in total. The van der Waals surface area contributed by atoms with E-state index in [0.717, 1.165) is 25.3 Å². The quantitative estimate of drug-likeness (QED) is 0.320. The van der Waals surface area contributed by atoms with E-state index in [0.29, 0.717) is 25.3 Å². The molecule has 0 unspecified atom stereocenters. The van der Waals surface area contributed by atoms with Crippen LogP contribution in [0, 0.1) is 0 Å². The monoisotopic (exact) mass is 476 g/mol. The molecule has 1 aliphatic heterocycles. The van der Waals surface area contributed by atoms with Crippen LogP contribution in [-0.4, -0.2) is 48.5 Å². The lowest BCUT2D eigenvalue weighted by atomic mass is 9.96. The summed E-state index contributed by atoms with van der Waals surface area (Å²) >= 11 is 0. The van der Waals surface area contributed by atoms with Crippen LogP contribution in [0.4, 0.5) is 0 Å². The number of amides is 1. The molecule has 4 aromatic rings. The normalized spacial score (nSPS) is 14.1. The van der Waals surface area contributed by atoms with Crippen molar-refractivity contribution in [2.75, 3.05) is 32.8 Å². The van der Waals surface area contributed by atoms with Gasteiger partial charge in [0.15, 0.2) is 0 Å². The van der Waals surface area contributed by atoms with Crippen molar-refractivity contribution in [3.05, 3.63) is 138 Å². The molecule has 4 aromatic carbocycles. The fourth-order valence-corrected chi connectivity index (χ4v) is 4.88.